The number of amides is 1. The van der Waals surface area contributed by atoms with Gasteiger partial charge in [0.05, 0.1) is 11.0 Å². The van der Waals surface area contributed by atoms with Gasteiger partial charge in [0.2, 0.25) is 5.91 Å². The number of aromatic nitrogens is 2. The third-order valence-electron chi connectivity index (χ3n) is 4.26. The molecule has 122 valence electrons. The van der Waals surface area contributed by atoms with Crippen LogP contribution in [-0.2, 0) is 14.6 Å². The molecule has 23 heavy (non-hydrogen) atoms. The lowest BCUT2D eigenvalue weighted by atomic mass is 9.95. The lowest BCUT2D eigenvalue weighted by molar-refractivity contribution is -0.119. The van der Waals surface area contributed by atoms with Gasteiger partial charge in [0.1, 0.15) is 0 Å². The Morgan fingerprint density at radius 1 is 1.17 bits per heavy atom. The molecular weight excluding hydrogens is 316 g/mol. The Balaban J connectivity index is 1.91. The Labute approximate surface area is 134 Å². The maximum absolute atomic E-state index is 12.7. The Morgan fingerprint density at radius 2 is 1.83 bits per heavy atom. The van der Waals surface area contributed by atoms with Crippen molar-refractivity contribution in [3.05, 3.63) is 30.6 Å². The fraction of sp³-hybridized carbons (Fsp3) is 0.400. The van der Waals surface area contributed by atoms with Crippen LogP contribution in [0.1, 0.15) is 12.8 Å². The van der Waals surface area contributed by atoms with Crippen molar-refractivity contribution in [2.75, 3.05) is 24.7 Å². The number of sulfone groups is 1. The average molecular weight is 334 g/mol. The first-order valence-electron chi connectivity index (χ1n) is 7.35. The quantitative estimate of drug-likeness (QED) is 0.858. The molecule has 1 aromatic carbocycles. The van der Waals surface area contributed by atoms with Crippen LogP contribution in [-0.4, -0.2) is 48.4 Å². The van der Waals surface area contributed by atoms with Crippen LogP contribution in [0.5, 0.6) is 0 Å². The Morgan fingerprint density at radius 3 is 2.48 bits per heavy atom. The van der Waals surface area contributed by atoms with Crippen molar-refractivity contribution in [2.45, 2.75) is 17.6 Å². The molecule has 1 aliphatic rings. The van der Waals surface area contributed by atoms with E-state index in [4.69, 9.17) is 0 Å². The second-order valence-electron chi connectivity index (χ2n) is 5.73. The highest BCUT2D eigenvalue weighted by atomic mass is 32.2. The van der Waals surface area contributed by atoms with Crippen LogP contribution in [0.2, 0.25) is 0 Å². The number of hydrogen-bond acceptors (Lipinski definition) is 6. The molecule has 0 radical (unpaired) electrons. The number of fused-ring (bicyclic) bond motifs is 1. The Bertz CT molecular complexity index is 845. The lowest BCUT2D eigenvalue weighted by Crippen LogP contribution is -2.55. The van der Waals surface area contributed by atoms with Crippen LogP contribution in [0.4, 0.5) is 5.69 Å². The number of rotatable bonds is 3. The number of carbonyl (C=O) groups excluding carboxylic acids is 1. The summed E-state index contributed by atoms with van der Waals surface area (Å²) in [7, 11) is -3.53. The van der Waals surface area contributed by atoms with Crippen LogP contribution in [0, 0.1) is 0 Å². The topological polar surface area (TPSA) is 101 Å². The van der Waals surface area contributed by atoms with Crippen LogP contribution in [0.25, 0.3) is 11.0 Å². The predicted molar refractivity (Wildman–Crippen MR) is 87.8 cm³/mol. The number of hydrogen-bond donors (Lipinski definition) is 2. The molecule has 0 aliphatic carbocycles. The number of nitrogens with one attached hydrogen (secondary N) is 2. The average Bonchev–Trinajstić information content (AvgIpc) is 2.54. The van der Waals surface area contributed by atoms with E-state index >= 15 is 0 Å². The van der Waals surface area contributed by atoms with E-state index < -0.39 is 20.5 Å². The lowest BCUT2D eigenvalue weighted by Gasteiger charge is -2.34. The summed E-state index contributed by atoms with van der Waals surface area (Å²) in [5.41, 5.74) is 1.87. The third kappa shape index (κ3) is 2.91. The maximum Gasteiger partial charge on any atom is 0.245 e. The molecule has 1 saturated heterocycles. The first-order valence-corrected chi connectivity index (χ1v) is 9.24. The molecule has 3 rings (SSSR count). The molecule has 2 aromatic rings. The molecule has 1 amide bonds. The molecule has 1 aromatic heterocycles. The van der Waals surface area contributed by atoms with Crippen molar-refractivity contribution in [3.8, 4) is 0 Å². The maximum atomic E-state index is 12.7. The first-order chi connectivity index (χ1) is 10.9. The minimum absolute atomic E-state index is 0.269. The van der Waals surface area contributed by atoms with Gasteiger partial charge in [-0.15, -0.1) is 0 Å². The van der Waals surface area contributed by atoms with Gasteiger partial charge in [-0.1, -0.05) is 0 Å². The van der Waals surface area contributed by atoms with Gasteiger partial charge < -0.3 is 10.6 Å². The van der Waals surface area contributed by atoms with Gasteiger partial charge >= 0.3 is 0 Å². The van der Waals surface area contributed by atoms with Crippen molar-refractivity contribution in [1.82, 2.24) is 15.3 Å². The van der Waals surface area contributed by atoms with Gasteiger partial charge in [0.25, 0.3) is 0 Å². The molecule has 2 N–H and O–H groups in total. The molecule has 1 aliphatic heterocycles. The van der Waals surface area contributed by atoms with Crippen molar-refractivity contribution in [3.63, 3.8) is 0 Å². The second-order valence-corrected chi connectivity index (χ2v) is 8.06. The van der Waals surface area contributed by atoms with Crippen molar-refractivity contribution in [2.24, 2.45) is 0 Å². The van der Waals surface area contributed by atoms with Crippen LogP contribution in [0.3, 0.4) is 0 Å². The Hall–Kier alpha value is -2.06. The summed E-state index contributed by atoms with van der Waals surface area (Å²) in [6.07, 6.45) is 4.83. The van der Waals surface area contributed by atoms with E-state index in [1.807, 2.05) is 0 Å². The highest BCUT2D eigenvalue weighted by Gasteiger charge is 2.48. The fourth-order valence-corrected chi connectivity index (χ4v) is 4.22. The van der Waals surface area contributed by atoms with Gasteiger partial charge in [-0.05, 0) is 44.1 Å². The predicted octanol–water partition coefficient (Wildman–Crippen LogP) is 0.735. The van der Waals surface area contributed by atoms with E-state index in [-0.39, 0.29) is 12.8 Å². The number of benzene rings is 1. The largest absolute Gasteiger partial charge is 0.325 e. The standard InChI is InChI=1S/C15H18N4O3S/c1-23(21,22)15(4-6-16-7-5-15)14(20)19-11-2-3-12-13(10-11)18-9-8-17-12/h2-3,8-10,16H,4-7H2,1H3,(H,19,20). The highest BCUT2D eigenvalue weighted by Crippen LogP contribution is 2.29. The first kappa shape index (κ1) is 15.8. The molecule has 2 heterocycles. The summed E-state index contributed by atoms with van der Waals surface area (Å²) in [4.78, 5) is 21.1. The van der Waals surface area contributed by atoms with Gasteiger partial charge in [-0.2, -0.15) is 0 Å². The van der Waals surface area contributed by atoms with E-state index in [9.17, 15) is 13.2 Å². The van der Waals surface area contributed by atoms with E-state index in [0.717, 1.165) is 6.26 Å². The number of anilines is 1. The smallest absolute Gasteiger partial charge is 0.245 e. The number of nitrogens with zero attached hydrogens (tertiary/aromatic N) is 2. The molecule has 8 heteroatoms. The summed E-state index contributed by atoms with van der Waals surface area (Å²) < 4.78 is 23.1. The number of carbonyl (C=O) groups is 1. The summed E-state index contributed by atoms with van der Waals surface area (Å²) in [6, 6.07) is 5.14. The van der Waals surface area contributed by atoms with Gasteiger partial charge in [-0.25, -0.2) is 8.42 Å². The monoisotopic (exact) mass is 334 g/mol. The van der Waals surface area contributed by atoms with Crippen molar-refractivity contribution < 1.29 is 13.2 Å². The van der Waals surface area contributed by atoms with Gasteiger partial charge in [0, 0.05) is 24.3 Å². The van der Waals surface area contributed by atoms with E-state index in [0.29, 0.717) is 29.8 Å². The zero-order valence-corrected chi connectivity index (χ0v) is 13.6. The zero-order valence-electron chi connectivity index (χ0n) is 12.7. The van der Waals surface area contributed by atoms with Gasteiger partial charge in [0.15, 0.2) is 14.6 Å². The van der Waals surface area contributed by atoms with Crippen molar-refractivity contribution in [1.29, 1.82) is 0 Å². The highest BCUT2D eigenvalue weighted by molar-refractivity contribution is 7.92. The van der Waals surface area contributed by atoms with Gasteiger partial charge in [-0.3, -0.25) is 14.8 Å². The minimum atomic E-state index is -3.53. The molecule has 0 spiro atoms. The molecule has 7 nitrogen and oxygen atoms in total. The summed E-state index contributed by atoms with van der Waals surface area (Å²) >= 11 is 0. The molecule has 0 bridgehead atoms. The van der Waals surface area contributed by atoms with E-state index in [2.05, 4.69) is 20.6 Å². The minimum Gasteiger partial charge on any atom is -0.325 e. The Kier molecular flexibility index (Phi) is 4.03. The molecule has 1 fully saturated rings. The molecule has 0 unspecified atom stereocenters. The van der Waals surface area contributed by atoms with Crippen molar-refractivity contribution >= 4 is 32.5 Å². The fourth-order valence-electron chi connectivity index (χ4n) is 2.88. The van der Waals surface area contributed by atoms with Crippen LogP contribution < -0.4 is 10.6 Å². The van der Waals surface area contributed by atoms with E-state index in [1.54, 1.807) is 30.6 Å². The molecular formula is C15H18N4O3S. The van der Waals surface area contributed by atoms with E-state index in [1.165, 1.54) is 0 Å². The molecule has 0 atom stereocenters. The normalized spacial score (nSPS) is 17.8. The second kappa shape index (κ2) is 5.86. The summed E-state index contributed by atoms with van der Waals surface area (Å²) in [5.74, 6) is -0.482. The zero-order chi connectivity index (χ0) is 16.5. The number of piperidine rings is 1. The van der Waals surface area contributed by atoms with Crippen LogP contribution in [0.15, 0.2) is 30.6 Å². The third-order valence-corrected chi connectivity index (χ3v) is 6.28. The van der Waals surface area contributed by atoms with Crippen LogP contribution >= 0.6 is 0 Å². The SMILES string of the molecule is CS(=O)(=O)C1(C(=O)Nc2ccc3nccnc3c2)CCNCC1. The molecule has 0 saturated carbocycles. The summed E-state index contributed by atoms with van der Waals surface area (Å²) in [5, 5.41) is 5.83. The summed E-state index contributed by atoms with van der Waals surface area (Å²) in [6.45, 7) is 1.01.